The number of nitro groups is 1. The molecular formula is C18H20N2O4. The van der Waals surface area contributed by atoms with Gasteiger partial charge in [0.1, 0.15) is 0 Å². The molecule has 0 spiro atoms. The van der Waals surface area contributed by atoms with E-state index in [0.717, 1.165) is 5.56 Å². The highest BCUT2D eigenvalue weighted by atomic mass is 16.6. The van der Waals surface area contributed by atoms with Gasteiger partial charge in [0.05, 0.1) is 11.5 Å². The minimum absolute atomic E-state index is 0.0185. The number of nitro benzene ring substituents is 1. The number of carbonyl (C=O) groups is 1. The molecule has 2 rings (SSSR count). The second-order valence-corrected chi connectivity index (χ2v) is 5.41. The number of ether oxygens (including phenoxy) is 1. The molecule has 0 aliphatic rings. The molecule has 0 aromatic heterocycles. The number of para-hydroxylation sites is 2. The summed E-state index contributed by atoms with van der Waals surface area (Å²) in [7, 11) is 1.76. The molecule has 0 radical (unpaired) electrons. The Morgan fingerprint density at radius 1 is 1.12 bits per heavy atom. The summed E-state index contributed by atoms with van der Waals surface area (Å²) in [5.74, 6) is 0.248. The van der Waals surface area contributed by atoms with Crippen molar-refractivity contribution < 1.29 is 14.5 Å². The second-order valence-electron chi connectivity index (χ2n) is 5.41. The van der Waals surface area contributed by atoms with Crippen LogP contribution in [0.2, 0.25) is 0 Å². The molecule has 126 valence electrons. The van der Waals surface area contributed by atoms with Crippen molar-refractivity contribution in [3.05, 3.63) is 70.3 Å². The van der Waals surface area contributed by atoms with Gasteiger partial charge in [-0.2, -0.15) is 0 Å². The van der Waals surface area contributed by atoms with E-state index < -0.39 is 4.92 Å². The summed E-state index contributed by atoms with van der Waals surface area (Å²) in [5, 5.41) is 10.9. The average molecular weight is 328 g/mol. The lowest BCUT2D eigenvalue weighted by Crippen LogP contribution is -2.26. The van der Waals surface area contributed by atoms with Gasteiger partial charge in [0, 0.05) is 26.1 Å². The van der Waals surface area contributed by atoms with Crippen molar-refractivity contribution in [2.75, 3.05) is 13.7 Å². The number of hydrogen-bond donors (Lipinski definition) is 0. The van der Waals surface area contributed by atoms with Crippen LogP contribution in [0.1, 0.15) is 18.4 Å². The molecule has 0 N–H and O–H groups in total. The molecule has 0 heterocycles. The second kappa shape index (κ2) is 8.67. The van der Waals surface area contributed by atoms with Gasteiger partial charge in [-0.15, -0.1) is 0 Å². The molecule has 0 atom stereocenters. The van der Waals surface area contributed by atoms with Gasteiger partial charge in [0.25, 0.3) is 0 Å². The maximum absolute atomic E-state index is 12.1. The first-order chi connectivity index (χ1) is 11.6. The average Bonchev–Trinajstić information content (AvgIpc) is 2.59. The smallest absolute Gasteiger partial charge is 0.310 e. The molecule has 0 fully saturated rings. The van der Waals surface area contributed by atoms with E-state index in [2.05, 4.69) is 0 Å². The fourth-order valence-electron chi connectivity index (χ4n) is 2.27. The van der Waals surface area contributed by atoms with E-state index >= 15 is 0 Å². The normalized spacial score (nSPS) is 10.2. The van der Waals surface area contributed by atoms with E-state index in [1.54, 1.807) is 30.1 Å². The topological polar surface area (TPSA) is 72.7 Å². The van der Waals surface area contributed by atoms with Gasteiger partial charge in [-0.25, -0.2) is 0 Å². The summed E-state index contributed by atoms with van der Waals surface area (Å²) < 4.78 is 5.43. The predicted octanol–water partition coefficient (Wildman–Crippen LogP) is 3.41. The van der Waals surface area contributed by atoms with Crippen LogP contribution in [0.3, 0.4) is 0 Å². The summed E-state index contributed by atoms with van der Waals surface area (Å²) in [6, 6.07) is 16.0. The minimum Gasteiger partial charge on any atom is -0.487 e. The Morgan fingerprint density at radius 2 is 1.79 bits per heavy atom. The van der Waals surface area contributed by atoms with Crippen LogP contribution in [0, 0.1) is 10.1 Å². The molecule has 24 heavy (non-hydrogen) atoms. The molecule has 6 heteroatoms. The lowest BCUT2D eigenvalue weighted by atomic mass is 10.2. The summed E-state index contributed by atoms with van der Waals surface area (Å²) in [4.78, 5) is 24.2. The fraction of sp³-hybridized carbons (Fsp3) is 0.278. The SMILES string of the molecule is CN(Cc1ccccc1)C(=O)CCCOc1ccccc1[N+](=O)[O-]. The maximum Gasteiger partial charge on any atom is 0.310 e. The van der Waals surface area contributed by atoms with Crippen molar-refractivity contribution in [1.29, 1.82) is 0 Å². The Bertz CT molecular complexity index is 688. The summed E-state index contributed by atoms with van der Waals surface area (Å²) in [5.41, 5.74) is 1.01. The Balaban J connectivity index is 1.76. The Morgan fingerprint density at radius 3 is 2.50 bits per heavy atom. The van der Waals surface area contributed by atoms with Crippen molar-refractivity contribution in [1.82, 2.24) is 4.90 Å². The van der Waals surface area contributed by atoms with Crippen LogP contribution >= 0.6 is 0 Å². The molecule has 6 nitrogen and oxygen atoms in total. The zero-order valence-electron chi connectivity index (χ0n) is 13.6. The van der Waals surface area contributed by atoms with Crippen LogP contribution < -0.4 is 4.74 Å². The van der Waals surface area contributed by atoms with E-state index in [0.29, 0.717) is 19.4 Å². The largest absolute Gasteiger partial charge is 0.487 e. The molecule has 0 saturated carbocycles. The first-order valence-corrected chi connectivity index (χ1v) is 7.72. The van der Waals surface area contributed by atoms with Crippen LogP contribution in [0.25, 0.3) is 0 Å². The number of carbonyl (C=O) groups excluding carboxylic acids is 1. The van der Waals surface area contributed by atoms with E-state index in [9.17, 15) is 14.9 Å². The lowest BCUT2D eigenvalue weighted by Gasteiger charge is -2.17. The number of amides is 1. The highest BCUT2D eigenvalue weighted by Crippen LogP contribution is 2.25. The highest BCUT2D eigenvalue weighted by molar-refractivity contribution is 5.75. The molecule has 0 unspecified atom stereocenters. The van der Waals surface area contributed by atoms with Gasteiger partial charge < -0.3 is 9.64 Å². The summed E-state index contributed by atoms with van der Waals surface area (Å²) in [6.07, 6.45) is 0.841. The van der Waals surface area contributed by atoms with E-state index in [1.165, 1.54) is 6.07 Å². The van der Waals surface area contributed by atoms with Crippen molar-refractivity contribution in [2.24, 2.45) is 0 Å². The molecule has 0 bridgehead atoms. The zero-order chi connectivity index (χ0) is 17.4. The monoisotopic (exact) mass is 328 g/mol. The quantitative estimate of drug-likeness (QED) is 0.423. The Labute approximate surface area is 140 Å². The zero-order valence-corrected chi connectivity index (χ0v) is 13.6. The van der Waals surface area contributed by atoms with Crippen LogP contribution in [-0.2, 0) is 11.3 Å². The molecule has 2 aromatic carbocycles. The number of rotatable bonds is 8. The first kappa shape index (κ1) is 17.5. The van der Waals surface area contributed by atoms with Crippen LogP contribution in [0.5, 0.6) is 5.75 Å². The van der Waals surface area contributed by atoms with Gasteiger partial charge >= 0.3 is 5.69 Å². The standard InChI is InChI=1S/C18H20N2O4/c1-19(14-15-8-3-2-4-9-15)18(21)12-7-13-24-17-11-6-5-10-16(17)20(22)23/h2-6,8-11H,7,12-14H2,1H3. The number of benzene rings is 2. The van der Waals surface area contributed by atoms with Gasteiger partial charge in [-0.1, -0.05) is 42.5 Å². The van der Waals surface area contributed by atoms with E-state index in [1.807, 2.05) is 30.3 Å². The fourth-order valence-corrected chi connectivity index (χ4v) is 2.27. The molecular weight excluding hydrogens is 308 g/mol. The Kier molecular flexibility index (Phi) is 6.31. The third-order valence-electron chi connectivity index (χ3n) is 3.54. The van der Waals surface area contributed by atoms with Gasteiger partial charge in [0.2, 0.25) is 5.91 Å². The molecule has 0 aliphatic carbocycles. The summed E-state index contributed by atoms with van der Waals surface area (Å²) in [6.45, 7) is 0.820. The third-order valence-corrected chi connectivity index (χ3v) is 3.54. The van der Waals surface area contributed by atoms with Crippen LogP contribution in [-0.4, -0.2) is 29.4 Å². The van der Waals surface area contributed by atoms with Crippen molar-refractivity contribution in [3.8, 4) is 5.75 Å². The van der Waals surface area contributed by atoms with Gasteiger partial charge in [-0.05, 0) is 18.1 Å². The van der Waals surface area contributed by atoms with E-state index in [4.69, 9.17) is 4.74 Å². The molecule has 2 aromatic rings. The first-order valence-electron chi connectivity index (χ1n) is 7.72. The van der Waals surface area contributed by atoms with Crippen molar-refractivity contribution in [3.63, 3.8) is 0 Å². The molecule has 0 aliphatic heterocycles. The molecule has 0 saturated heterocycles. The molecule has 1 amide bonds. The van der Waals surface area contributed by atoms with Gasteiger partial charge in [-0.3, -0.25) is 14.9 Å². The third kappa shape index (κ3) is 5.08. The van der Waals surface area contributed by atoms with Crippen LogP contribution in [0.4, 0.5) is 5.69 Å². The lowest BCUT2D eigenvalue weighted by molar-refractivity contribution is -0.385. The number of nitrogens with zero attached hydrogens (tertiary/aromatic N) is 2. The minimum atomic E-state index is -0.478. The highest BCUT2D eigenvalue weighted by Gasteiger charge is 2.14. The van der Waals surface area contributed by atoms with Gasteiger partial charge in [0.15, 0.2) is 5.75 Å². The van der Waals surface area contributed by atoms with Crippen molar-refractivity contribution >= 4 is 11.6 Å². The van der Waals surface area contributed by atoms with Crippen LogP contribution in [0.15, 0.2) is 54.6 Å². The number of hydrogen-bond acceptors (Lipinski definition) is 4. The Hall–Kier alpha value is -2.89. The summed E-state index contributed by atoms with van der Waals surface area (Å²) >= 11 is 0. The predicted molar refractivity (Wildman–Crippen MR) is 90.7 cm³/mol. The maximum atomic E-state index is 12.1. The van der Waals surface area contributed by atoms with Crippen molar-refractivity contribution in [2.45, 2.75) is 19.4 Å². The van der Waals surface area contributed by atoms with E-state index in [-0.39, 0.29) is 24.0 Å².